The highest BCUT2D eigenvalue weighted by Gasteiger charge is 2.11. The van der Waals surface area contributed by atoms with Crippen LogP contribution in [-0.4, -0.2) is 14.2 Å². The van der Waals surface area contributed by atoms with Gasteiger partial charge in [-0.1, -0.05) is 0 Å². The van der Waals surface area contributed by atoms with E-state index in [1.165, 1.54) is 5.57 Å². The van der Waals surface area contributed by atoms with E-state index in [4.69, 9.17) is 9.47 Å². The van der Waals surface area contributed by atoms with Crippen molar-refractivity contribution >= 4 is 0 Å². The molecule has 0 aliphatic heterocycles. The summed E-state index contributed by atoms with van der Waals surface area (Å²) < 4.78 is 10.3. The van der Waals surface area contributed by atoms with E-state index in [9.17, 15) is 0 Å². The van der Waals surface area contributed by atoms with Gasteiger partial charge in [0.05, 0.1) is 26.4 Å². The lowest BCUT2D eigenvalue weighted by Crippen LogP contribution is -2.01. The summed E-state index contributed by atoms with van der Waals surface area (Å²) in [6.45, 7) is 2.09. The number of rotatable bonds is 2. The van der Waals surface area contributed by atoms with Gasteiger partial charge < -0.3 is 9.47 Å². The van der Waals surface area contributed by atoms with Gasteiger partial charge >= 0.3 is 0 Å². The summed E-state index contributed by atoms with van der Waals surface area (Å²) in [6, 6.07) is 0. The lowest BCUT2D eigenvalue weighted by molar-refractivity contribution is 0.230. The smallest absolute Gasteiger partial charge is 0.102 e. The maximum absolute atomic E-state index is 5.19. The molecule has 0 atom stereocenters. The summed E-state index contributed by atoms with van der Waals surface area (Å²) >= 11 is 0. The topological polar surface area (TPSA) is 18.5 Å². The van der Waals surface area contributed by atoms with Crippen molar-refractivity contribution < 1.29 is 9.47 Å². The van der Waals surface area contributed by atoms with Crippen LogP contribution in [0, 0.1) is 0 Å². The Labute approximate surface area is 67.5 Å². The third-order valence-corrected chi connectivity index (χ3v) is 1.96. The third kappa shape index (κ3) is 1.76. The van der Waals surface area contributed by atoms with Gasteiger partial charge in [-0.15, -0.1) is 0 Å². The van der Waals surface area contributed by atoms with Gasteiger partial charge in [-0.25, -0.2) is 0 Å². The average molecular weight is 154 g/mol. The van der Waals surface area contributed by atoms with Gasteiger partial charge in [0.25, 0.3) is 0 Å². The van der Waals surface area contributed by atoms with Crippen molar-refractivity contribution in [3.8, 4) is 0 Å². The van der Waals surface area contributed by atoms with E-state index in [1.54, 1.807) is 14.2 Å². The van der Waals surface area contributed by atoms with Crippen molar-refractivity contribution in [3.63, 3.8) is 0 Å². The van der Waals surface area contributed by atoms with Gasteiger partial charge in [0, 0.05) is 0 Å². The molecule has 0 bridgehead atoms. The molecule has 2 heteroatoms. The maximum atomic E-state index is 5.19. The summed E-state index contributed by atoms with van der Waals surface area (Å²) in [6.07, 6.45) is 3.85. The molecule has 0 aromatic carbocycles. The molecule has 1 aliphatic rings. The van der Waals surface area contributed by atoms with Crippen LogP contribution in [0.25, 0.3) is 0 Å². The summed E-state index contributed by atoms with van der Waals surface area (Å²) in [7, 11) is 3.40. The van der Waals surface area contributed by atoms with Crippen molar-refractivity contribution in [3.05, 3.63) is 23.2 Å². The van der Waals surface area contributed by atoms with Crippen LogP contribution in [0.5, 0.6) is 0 Å². The molecule has 11 heavy (non-hydrogen) atoms. The first kappa shape index (κ1) is 8.18. The van der Waals surface area contributed by atoms with E-state index in [0.717, 1.165) is 24.4 Å². The molecule has 1 rings (SSSR count). The first-order valence-electron chi connectivity index (χ1n) is 3.73. The zero-order valence-electron chi connectivity index (χ0n) is 7.31. The van der Waals surface area contributed by atoms with Gasteiger partial charge in [0.1, 0.15) is 5.76 Å². The van der Waals surface area contributed by atoms with E-state index in [1.807, 2.05) is 0 Å². The number of allylic oxidation sites excluding steroid dienone is 2. The van der Waals surface area contributed by atoms with Crippen LogP contribution >= 0.6 is 0 Å². The van der Waals surface area contributed by atoms with E-state index >= 15 is 0 Å². The minimum Gasteiger partial charge on any atom is -0.501 e. The second-order valence-electron chi connectivity index (χ2n) is 2.66. The van der Waals surface area contributed by atoms with Crippen molar-refractivity contribution in [1.82, 2.24) is 0 Å². The summed E-state index contributed by atoms with van der Waals surface area (Å²) in [5.74, 6) is 2.05. The molecule has 2 nitrogen and oxygen atoms in total. The van der Waals surface area contributed by atoms with Crippen molar-refractivity contribution in [2.45, 2.75) is 19.8 Å². The van der Waals surface area contributed by atoms with Crippen LogP contribution in [0.2, 0.25) is 0 Å². The molecule has 1 aliphatic carbocycles. The van der Waals surface area contributed by atoms with Crippen LogP contribution in [-0.2, 0) is 9.47 Å². The van der Waals surface area contributed by atoms with Crippen molar-refractivity contribution in [2.75, 3.05) is 14.2 Å². The Bertz CT molecular complexity index is 202. The van der Waals surface area contributed by atoms with Gasteiger partial charge in [-0.3, -0.25) is 0 Å². The Kier molecular flexibility index (Phi) is 2.58. The van der Waals surface area contributed by atoms with Gasteiger partial charge in [0.15, 0.2) is 0 Å². The predicted molar refractivity (Wildman–Crippen MR) is 44.0 cm³/mol. The van der Waals surface area contributed by atoms with Crippen molar-refractivity contribution in [2.24, 2.45) is 0 Å². The maximum Gasteiger partial charge on any atom is 0.102 e. The highest BCUT2D eigenvalue weighted by atomic mass is 16.5. The zero-order valence-corrected chi connectivity index (χ0v) is 7.31. The molecule has 62 valence electrons. The van der Waals surface area contributed by atoms with Gasteiger partial charge in [0.2, 0.25) is 0 Å². The van der Waals surface area contributed by atoms with E-state index in [0.29, 0.717) is 0 Å². The predicted octanol–water partition coefficient (Wildman–Crippen LogP) is 2.23. The highest BCUT2D eigenvalue weighted by molar-refractivity contribution is 5.21. The Morgan fingerprint density at radius 3 is 2.55 bits per heavy atom. The molecular weight excluding hydrogens is 140 g/mol. The SMILES string of the molecule is COC1=CCC(C)=C(OC)C1. The first-order valence-corrected chi connectivity index (χ1v) is 3.73. The Balaban J connectivity index is 2.65. The fourth-order valence-electron chi connectivity index (χ4n) is 1.16. The third-order valence-electron chi connectivity index (χ3n) is 1.96. The largest absolute Gasteiger partial charge is 0.501 e. The summed E-state index contributed by atoms with van der Waals surface area (Å²) in [5, 5.41) is 0. The fraction of sp³-hybridized carbons (Fsp3) is 0.556. The molecular formula is C9H14O2. The molecule has 0 aromatic heterocycles. The second-order valence-corrected chi connectivity index (χ2v) is 2.66. The molecule has 0 saturated heterocycles. The second kappa shape index (κ2) is 3.46. The molecule has 0 fully saturated rings. The molecule has 0 heterocycles. The Morgan fingerprint density at radius 2 is 2.00 bits per heavy atom. The van der Waals surface area contributed by atoms with E-state index < -0.39 is 0 Å². The molecule has 0 N–H and O–H groups in total. The minimum absolute atomic E-state index is 0.804. The number of methoxy groups -OCH3 is 2. The average Bonchev–Trinajstić information content (AvgIpc) is 2.05. The molecule has 0 aromatic rings. The standard InChI is InChI=1S/C9H14O2/c1-7-4-5-8(10-2)6-9(7)11-3/h5H,4,6H2,1-3H3. The van der Waals surface area contributed by atoms with Crippen LogP contribution in [0.1, 0.15) is 19.8 Å². The lowest BCUT2D eigenvalue weighted by Gasteiger charge is -2.16. The Morgan fingerprint density at radius 1 is 1.27 bits per heavy atom. The fourth-order valence-corrected chi connectivity index (χ4v) is 1.16. The van der Waals surface area contributed by atoms with E-state index in [2.05, 4.69) is 13.0 Å². The molecule has 0 saturated carbocycles. The quantitative estimate of drug-likeness (QED) is 0.607. The summed E-state index contributed by atoms with van der Waals surface area (Å²) in [5.41, 5.74) is 1.30. The highest BCUT2D eigenvalue weighted by Crippen LogP contribution is 2.24. The van der Waals surface area contributed by atoms with Crippen molar-refractivity contribution in [1.29, 1.82) is 0 Å². The lowest BCUT2D eigenvalue weighted by atomic mass is 10.0. The van der Waals surface area contributed by atoms with E-state index in [-0.39, 0.29) is 0 Å². The van der Waals surface area contributed by atoms with Crippen LogP contribution in [0.3, 0.4) is 0 Å². The number of hydrogen-bond acceptors (Lipinski definition) is 2. The van der Waals surface area contributed by atoms with Gasteiger partial charge in [-0.2, -0.15) is 0 Å². The molecule has 0 radical (unpaired) electrons. The molecule has 0 unspecified atom stereocenters. The Hall–Kier alpha value is -0.920. The van der Waals surface area contributed by atoms with Crippen LogP contribution in [0.15, 0.2) is 23.2 Å². The minimum atomic E-state index is 0.804. The zero-order chi connectivity index (χ0) is 8.27. The first-order chi connectivity index (χ1) is 5.27. The molecule has 0 amide bonds. The monoisotopic (exact) mass is 154 g/mol. The van der Waals surface area contributed by atoms with Gasteiger partial charge in [-0.05, 0) is 25.0 Å². The van der Waals surface area contributed by atoms with Crippen LogP contribution < -0.4 is 0 Å². The number of hydrogen-bond donors (Lipinski definition) is 0. The normalized spacial score (nSPS) is 17.9. The van der Waals surface area contributed by atoms with Crippen LogP contribution in [0.4, 0.5) is 0 Å². The summed E-state index contributed by atoms with van der Waals surface area (Å²) in [4.78, 5) is 0. The number of ether oxygens (including phenoxy) is 2. The molecule has 0 spiro atoms.